The fourth-order valence-electron chi connectivity index (χ4n) is 11.6. The topological polar surface area (TPSA) is 0 Å². The average molecular weight is 905 g/mol. The van der Waals surface area contributed by atoms with E-state index in [1.807, 2.05) is 0 Å². The van der Waals surface area contributed by atoms with Crippen LogP contribution in [-0.2, 0) is 40.6 Å². The molecular weight excluding hydrogens is 839 g/mol. The van der Waals surface area contributed by atoms with E-state index in [9.17, 15) is 0 Å². The van der Waals surface area contributed by atoms with Crippen molar-refractivity contribution in [2.45, 2.75) is 121 Å². The third-order valence-corrected chi connectivity index (χ3v) is 14.0. The first-order valence-corrected chi connectivity index (χ1v) is 25.3. The quantitative estimate of drug-likeness (QED) is 0.119. The number of aryl methyl sites for hydroxylation is 1. The zero-order valence-electron chi connectivity index (χ0n) is 36.0. The van der Waals surface area contributed by atoms with Crippen LogP contribution in [0.2, 0.25) is 0 Å². The molecule has 308 valence electrons. The summed E-state index contributed by atoms with van der Waals surface area (Å²) in [6.07, 6.45) is 17.0. The summed E-state index contributed by atoms with van der Waals surface area (Å²) in [5, 5.41) is 5.62. The van der Waals surface area contributed by atoms with Crippen LogP contribution in [0.25, 0.3) is 43.8 Å². The van der Waals surface area contributed by atoms with Gasteiger partial charge in [-0.2, -0.15) is 12.1 Å². The first-order valence-electron chi connectivity index (χ1n) is 21.1. The van der Waals surface area contributed by atoms with Gasteiger partial charge in [0.25, 0.3) is 0 Å². The summed E-state index contributed by atoms with van der Waals surface area (Å²) >= 11 is 1.36. The van der Waals surface area contributed by atoms with Crippen molar-refractivity contribution in [3.8, 4) is 22.3 Å². The maximum absolute atomic E-state index is 3.06. The van der Waals surface area contributed by atoms with Crippen molar-refractivity contribution in [3.05, 3.63) is 146 Å². The first kappa shape index (κ1) is 48.4. The molecule has 4 heteroatoms. The van der Waals surface area contributed by atoms with Crippen LogP contribution in [0.4, 0.5) is 0 Å². The van der Waals surface area contributed by atoms with E-state index >= 15 is 0 Å². The molecule has 0 amide bonds. The molecule has 0 atom stereocenters. The fourth-order valence-corrected chi connectivity index (χ4v) is 11.6. The fraction of sp³-hybridized carbons (Fsp3) is 0.407. The molecule has 0 saturated heterocycles. The van der Waals surface area contributed by atoms with Gasteiger partial charge in [0.2, 0.25) is 0 Å². The van der Waals surface area contributed by atoms with E-state index in [-0.39, 0.29) is 45.1 Å². The van der Waals surface area contributed by atoms with E-state index in [4.69, 9.17) is 0 Å². The van der Waals surface area contributed by atoms with Gasteiger partial charge in [-0.05, 0) is 115 Å². The number of fused-ring (bicyclic) bond motifs is 2. The van der Waals surface area contributed by atoms with Gasteiger partial charge in [0.1, 0.15) is 0 Å². The number of halogens is 2. The molecule has 6 aromatic rings. The average Bonchev–Trinajstić information content (AvgIpc) is 3.84. The van der Waals surface area contributed by atoms with Crippen LogP contribution in [0, 0.1) is 32.6 Å². The molecule has 11 rings (SSSR count). The third kappa shape index (κ3) is 9.94. The second-order valence-corrected chi connectivity index (χ2v) is 18.6. The van der Waals surface area contributed by atoms with Crippen molar-refractivity contribution in [1.29, 1.82) is 0 Å². The van der Waals surface area contributed by atoms with E-state index in [1.165, 1.54) is 149 Å². The van der Waals surface area contributed by atoms with Crippen molar-refractivity contribution >= 4 is 53.2 Å². The Morgan fingerprint density at radius 2 is 1.12 bits per heavy atom. The molecule has 58 heavy (non-hydrogen) atoms. The van der Waals surface area contributed by atoms with Gasteiger partial charge in [-0.3, -0.25) is 0 Å². The predicted molar refractivity (Wildman–Crippen MR) is 257 cm³/mol. The Morgan fingerprint density at radius 3 is 1.62 bits per heavy atom. The van der Waals surface area contributed by atoms with E-state index in [1.54, 1.807) is 11.1 Å². The summed E-state index contributed by atoms with van der Waals surface area (Å²) in [6, 6.07) is 42.1. The van der Waals surface area contributed by atoms with Crippen molar-refractivity contribution in [2.75, 3.05) is 0 Å². The molecule has 4 bridgehead atoms. The molecule has 0 nitrogen and oxygen atoms in total. The Labute approximate surface area is 381 Å². The molecule has 0 aromatic heterocycles. The van der Waals surface area contributed by atoms with Gasteiger partial charge in [0.15, 0.2) is 0 Å². The minimum atomic E-state index is 0. The van der Waals surface area contributed by atoms with Crippen LogP contribution >= 0.6 is 24.8 Å². The molecule has 0 spiro atoms. The van der Waals surface area contributed by atoms with Gasteiger partial charge in [-0.15, -0.1) is 93.9 Å². The summed E-state index contributed by atoms with van der Waals surface area (Å²) < 4.78 is 0. The Hall–Kier alpha value is -2.22. The third-order valence-electron chi connectivity index (χ3n) is 14.0. The summed E-state index contributed by atoms with van der Waals surface area (Å²) in [4.78, 5) is 0. The normalized spacial score (nSPS) is 21.9. The monoisotopic (exact) mass is 902 g/mol. The summed E-state index contributed by atoms with van der Waals surface area (Å²) in [5.74, 6) is 3.82. The molecule has 6 aromatic carbocycles. The van der Waals surface area contributed by atoms with Gasteiger partial charge in [-0.1, -0.05) is 119 Å². The van der Waals surface area contributed by atoms with Crippen LogP contribution in [0.15, 0.2) is 109 Å². The van der Waals surface area contributed by atoms with Crippen LogP contribution < -0.4 is 0 Å². The zero-order valence-corrected chi connectivity index (χ0v) is 41.1. The molecule has 0 heterocycles. The summed E-state index contributed by atoms with van der Waals surface area (Å²) in [7, 11) is 0. The molecule has 0 unspecified atom stereocenters. The minimum absolute atomic E-state index is 0. The van der Waals surface area contributed by atoms with Crippen LogP contribution in [0.5, 0.6) is 0 Å². The molecule has 0 aliphatic heterocycles. The van der Waals surface area contributed by atoms with E-state index in [0.717, 1.165) is 30.1 Å². The van der Waals surface area contributed by atoms with Gasteiger partial charge in [-0.25, -0.2) is 0 Å². The molecule has 5 aliphatic carbocycles. The number of hydrogen-bond acceptors (Lipinski definition) is 0. The van der Waals surface area contributed by atoms with E-state index in [2.05, 4.69) is 144 Å². The van der Waals surface area contributed by atoms with Gasteiger partial charge < -0.3 is 14.9 Å². The number of hydrogen-bond donors (Lipinski definition) is 0. The SMILES string of the molecule is CC(C)(C)c1ccc(-c2cccc3[cH-]c(C4CCCCC4)cc23)cc1.CCc1cc2c(-c3ccc(C45CC6CC(CC(C6)C4)C5)cc3)cccc2[cH-]1.Cl.Cl.[CH3-].[CH3-].[Si]=[Zr]. The first-order chi connectivity index (χ1) is 26.2. The van der Waals surface area contributed by atoms with Crippen LogP contribution in [0.1, 0.15) is 126 Å². The summed E-state index contributed by atoms with van der Waals surface area (Å²) in [5.41, 5.74) is 12.2. The number of rotatable bonds is 5. The Kier molecular flexibility index (Phi) is 17.2. The van der Waals surface area contributed by atoms with E-state index < -0.39 is 0 Å². The molecule has 0 N–H and O–H groups in total. The summed E-state index contributed by atoms with van der Waals surface area (Å²) in [6.45, 7) is 12.1. The van der Waals surface area contributed by atoms with Crippen molar-refractivity contribution < 1.29 is 23.3 Å². The van der Waals surface area contributed by atoms with Gasteiger partial charge in [0, 0.05) is 0 Å². The Balaban J connectivity index is 0.000000232. The molecule has 2 radical (unpaired) electrons. The van der Waals surface area contributed by atoms with Crippen molar-refractivity contribution in [1.82, 2.24) is 0 Å². The Bertz CT molecular complexity index is 2160. The molecule has 5 aliphatic rings. The van der Waals surface area contributed by atoms with Gasteiger partial charge in [0.05, 0.1) is 0 Å². The van der Waals surface area contributed by atoms with Crippen molar-refractivity contribution in [3.63, 3.8) is 0 Å². The molecule has 5 fully saturated rings. The van der Waals surface area contributed by atoms with E-state index in [0.29, 0.717) is 5.41 Å². The van der Waals surface area contributed by atoms with Gasteiger partial charge >= 0.3 is 30.2 Å². The maximum atomic E-state index is 3.06. The molecule has 5 saturated carbocycles. The Morgan fingerprint density at radius 1 is 0.638 bits per heavy atom. The van der Waals surface area contributed by atoms with Crippen molar-refractivity contribution in [2.24, 2.45) is 17.8 Å². The number of benzene rings is 4. The second kappa shape index (κ2) is 20.6. The predicted octanol–water partition coefficient (Wildman–Crippen LogP) is 16.2. The van der Waals surface area contributed by atoms with Crippen LogP contribution in [0.3, 0.4) is 0 Å². The zero-order chi connectivity index (χ0) is 37.5. The molecular formula is C54H66Cl2SiZr-4. The standard InChI is InChI=1S/C27H29.C25H29.2CH3.2ClH.Si.Zr/c1-2-18-13-23-4-3-5-25(26(23)14-18)22-6-8-24(9-7-22)27-15-19-10-20(16-27)12-21(11-19)17-27;1-25(2,3)22-14-12-19(13-15-22)23-11-7-10-20-16-21(17-24(20)23)18-8-5-4-6-9-18;;;;;;/h3-9,13-14,19-21H,2,10-12,15-17H2,1H3;7,10-18H,4-6,8-9H2,1-3H3;2*1H3;2*1H;;/q4*-1;;;;. The second-order valence-electron chi connectivity index (χ2n) is 18.6. The van der Waals surface area contributed by atoms with Crippen LogP contribution in [-0.4, -0.2) is 6.88 Å².